The molecule has 0 aliphatic rings. The molecule has 0 fully saturated rings. The highest BCUT2D eigenvalue weighted by molar-refractivity contribution is 5.76. The summed E-state index contributed by atoms with van der Waals surface area (Å²) in [6.45, 7) is 4.27. The molecule has 0 spiro atoms. The Morgan fingerprint density at radius 2 is 0.765 bits per heavy atom. The third-order valence-corrected chi connectivity index (χ3v) is 10.3. The van der Waals surface area contributed by atoms with Gasteiger partial charge in [0.2, 0.25) is 5.91 Å². The second kappa shape index (κ2) is 43.0. The highest BCUT2D eigenvalue weighted by Crippen LogP contribution is 2.15. The first-order chi connectivity index (χ1) is 25.2. The number of aliphatic hydroxyl groups excluding tert-OH is 2. The summed E-state index contributed by atoms with van der Waals surface area (Å²) >= 11 is 0. The van der Waals surface area contributed by atoms with Crippen molar-refractivity contribution in [3.8, 4) is 0 Å². The molecule has 2 atom stereocenters. The number of hydrogen-bond acceptors (Lipinski definition) is 3. The third-order valence-electron chi connectivity index (χ3n) is 10.3. The summed E-state index contributed by atoms with van der Waals surface area (Å²) in [5.41, 5.74) is 0. The van der Waals surface area contributed by atoms with E-state index < -0.39 is 12.1 Å². The van der Waals surface area contributed by atoms with Crippen LogP contribution >= 0.6 is 0 Å². The van der Waals surface area contributed by atoms with Crippen LogP contribution in [-0.4, -0.2) is 34.9 Å². The number of rotatable bonds is 41. The molecular formula is C47H89NO3. The lowest BCUT2D eigenvalue weighted by Gasteiger charge is -2.19. The van der Waals surface area contributed by atoms with Gasteiger partial charge in [0.15, 0.2) is 0 Å². The first-order valence-electron chi connectivity index (χ1n) is 22.7. The summed E-state index contributed by atoms with van der Waals surface area (Å²) in [6, 6.07) is -0.635. The molecule has 0 aliphatic carbocycles. The standard InChI is InChI=1S/C47H89NO3/c1-3-5-7-9-11-13-15-16-17-18-19-20-21-22-23-24-25-26-27-28-29-30-31-32-33-35-37-39-41-43-47(51)48-45(44-49)46(50)42-40-38-36-34-14-12-10-8-6-4-2/h14,18-19,34,40,42,45-46,49-50H,3-13,15-17,20-33,35-39,41,43-44H2,1-2H3,(H,48,51)/b19-18-,34-14+,42-40+. The molecule has 0 radical (unpaired) electrons. The van der Waals surface area contributed by atoms with Gasteiger partial charge in [0.1, 0.15) is 0 Å². The van der Waals surface area contributed by atoms with E-state index in [-0.39, 0.29) is 12.5 Å². The molecular weight excluding hydrogens is 627 g/mol. The predicted molar refractivity (Wildman–Crippen MR) is 225 cm³/mol. The van der Waals surface area contributed by atoms with E-state index in [2.05, 4.69) is 43.5 Å². The maximum atomic E-state index is 12.3. The molecule has 0 bridgehead atoms. The minimum absolute atomic E-state index is 0.0739. The van der Waals surface area contributed by atoms with Crippen molar-refractivity contribution in [1.29, 1.82) is 0 Å². The molecule has 4 nitrogen and oxygen atoms in total. The maximum Gasteiger partial charge on any atom is 0.220 e. The van der Waals surface area contributed by atoms with Gasteiger partial charge < -0.3 is 15.5 Å². The van der Waals surface area contributed by atoms with Crippen molar-refractivity contribution in [3.63, 3.8) is 0 Å². The molecule has 300 valence electrons. The van der Waals surface area contributed by atoms with Crippen LogP contribution in [0.1, 0.15) is 239 Å². The number of unbranched alkanes of at least 4 members (excludes halogenated alkanes) is 30. The molecule has 0 saturated heterocycles. The smallest absolute Gasteiger partial charge is 0.220 e. The summed E-state index contributed by atoms with van der Waals surface area (Å²) in [7, 11) is 0. The van der Waals surface area contributed by atoms with Crippen LogP contribution in [0.4, 0.5) is 0 Å². The van der Waals surface area contributed by atoms with Gasteiger partial charge in [0.05, 0.1) is 18.8 Å². The van der Waals surface area contributed by atoms with Gasteiger partial charge in [-0.2, -0.15) is 0 Å². The van der Waals surface area contributed by atoms with E-state index in [0.29, 0.717) is 6.42 Å². The number of nitrogens with one attached hydrogen (secondary N) is 1. The van der Waals surface area contributed by atoms with Crippen molar-refractivity contribution in [2.45, 2.75) is 251 Å². The molecule has 1 amide bonds. The number of hydrogen-bond donors (Lipinski definition) is 3. The topological polar surface area (TPSA) is 69.6 Å². The highest BCUT2D eigenvalue weighted by atomic mass is 16.3. The quantitative estimate of drug-likeness (QED) is 0.0436. The van der Waals surface area contributed by atoms with Gasteiger partial charge in [-0.3, -0.25) is 4.79 Å². The van der Waals surface area contributed by atoms with Gasteiger partial charge in [0, 0.05) is 6.42 Å². The molecule has 0 aliphatic heterocycles. The second-order valence-corrected chi connectivity index (χ2v) is 15.5. The average molecular weight is 716 g/mol. The van der Waals surface area contributed by atoms with Crippen molar-refractivity contribution in [3.05, 3.63) is 36.5 Å². The molecule has 0 rings (SSSR count). The SMILES string of the molecule is CCCCCC/C=C/CC/C=C/C(O)C(CO)NC(=O)CCCCCCCCCCCCCCCCCCC/C=C\CCCCCCCCCC. The Balaban J connectivity index is 3.45. The van der Waals surface area contributed by atoms with Crippen molar-refractivity contribution >= 4 is 5.91 Å². The van der Waals surface area contributed by atoms with E-state index in [9.17, 15) is 15.0 Å². The Morgan fingerprint density at radius 3 is 1.16 bits per heavy atom. The monoisotopic (exact) mass is 716 g/mol. The van der Waals surface area contributed by atoms with Crippen molar-refractivity contribution in [1.82, 2.24) is 5.32 Å². The molecule has 4 heteroatoms. The first-order valence-corrected chi connectivity index (χ1v) is 22.7. The fourth-order valence-electron chi connectivity index (χ4n) is 6.84. The molecule has 0 aromatic carbocycles. The number of amides is 1. The molecule has 0 saturated carbocycles. The maximum absolute atomic E-state index is 12.3. The minimum Gasteiger partial charge on any atom is -0.394 e. The van der Waals surface area contributed by atoms with Crippen LogP contribution in [0.2, 0.25) is 0 Å². The molecule has 0 heterocycles. The molecule has 51 heavy (non-hydrogen) atoms. The number of carbonyl (C=O) groups excluding carboxylic acids is 1. The molecule has 2 unspecified atom stereocenters. The molecule has 0 aromatic heterocycles. The molecule has 3 N–H and O–H groups in total. The van der Waals surface area contributed by atoms with Crippen molar-refractivity contribution in [2.24, 2.45) is 0 Å². The Kier molecular flexibility index (Phi) is 41.8. The van der Waals surface area contributed by atoms with Gasteiger partial charge in [-0.05, 0) is 57.8 Å². The first kappa shape index (κ1) is 49.6. The fourth-order valence-corrected chi connectivity index (χ4v) is 6.84. The van der Waals surface area contributed by atoms with Crippen LogP contribution in [0, 0.1) is 0 Å². The van der Waals surface area contributed by atoms with Crippen LogP contribution in [0.3, 0.4) is 0 Å². The van der Waals surface area contributed by atoms with Gasteiger partial charge >= 0.3 is 0 Å². The van der Waals surface area contributed by atoms with Crippen LogP contribution in [0.5, 0.6) is 0 Å². The predicted octanol–water partition coefficient (Wildman–Crippen LogP) is 14.2. The largest absolute Gasteiger partial charge is 0.394 e. The van der Waals surface area contributed by atoms with Crippen molar-refractivity contribution in [2.75, 3.05) is 6.61 Å². The van der Waals surface area contributed by atoms with E-state index in [4.69, 9.17) is 0 Å². The molecule has 0 aromatic rings. The van der Waals surface area contributed by atoms with E-state index in [1.165, 1.54) is 186 Å². The van der Waals surface area contributed by atoms with Gasteiger partial charge in [-0.1, -0.05) is 211 Å². The van der Waals surface area contributed by atoms with Crippen LogP contribution in [-0.2, 0) is 4.79 Å². The summed E-state index contributed by atoms with van der Waals surface area (Å²) in [5, 5.41) is 22.9. The Bertz CT molecular complexity index is 775. The van der Waals surface area contributed by atoms with Crippen LogP contribution in [0.15, 0.2) is 36.5 Å². The average Bonchev–Trinajstić information content (AvgIpc) is 3.13. The summed E-state index contributed by atoms with van der Waals surface area (Å²) in [5.74, 6) is -0.0739. The zero-order valence-corrected chi connectivity index (χ0v) is 34.4. The highest BCUT2D eigenvalue weighted by Gasteiger charge is 2.17. The minimum atomic E-state index is -0.858. The lowest BCUT2D eigenvalue weighted by molar-refractivity contribution is -0.123. The summed E-state index contributed by atoms with van der Waals surface area (Å²) in [6.07, 6.45) is 57.1. The van der Waals surface area contributed by atoms with Gasteiger partial charge in [-0.15, -0.1) is 0 Å². The Labute approximate surface area is 319 Å². The van der Waals surface area contributed by atoms with Gasteiger partial charge in [-0.25, -0.2) is 0 Å². The number of carbonyl (C=O) groups is 1. The van der Waals surface area contributed by atoms with Gasteiger partial charge in [0.25, 0.3) is 0 Å². The zero-order chi connectivity index (χ0) is 37.1. The second-order valence-electron chi connectivity index (χ2n) is 15.5. The normalized spacial score (nSPS) is 13.3. The van der Waals surface area contributed by atoms with E-state index >= 15 is 0 Å². The Morgan fingerprint density at radius 1 is 0.451 bits per heavy atom. The van der Waals surface area contributed by atoms with Crippen LogP contribution in [0.25, 0.3) is 0 Å². The number of aliphatic hydroxyl groups is 2. The lowest BCUT2D eigenvalue weighted by Crippen LogP contribution is -2.45. The van der Waals surface area contributed by atoms with E-state index in [0.717, 1.165) is 32.1 Å². The zero-order valence-electron chi connectivity index (χ0n) is 34.4. The summed E-state index contributed by atoms with van der Waals surface area (Å²) in [4.78, 5) is 12.3. The third kappa shape index (κ3) is 39.6. The fraction of sp³-hybridized carbons (Fsp3) is 0.851. The van der Waals surface area contributed by atoms with E-state index in [1.807, 2.05) is 6.08 Å². The van der Waals surface area contributed by atoms with E-state index in [1.54, 1.807) is 6.08 Å². The van der Waals surface area contributed by atoms with Crippen molar-refractivity contribution < 1.29 is 15.0 Å². The van der Waals surface area contributed by atoms with Crippen LogP contribution < -0.4 is 5.32 Å². The summed E-state index contributed by atoms with van der Waals surface area (Å²) < 4.78 is 0. The number of allylic oxidation sites excluding steroid dienone is 5. The Hall–Kier alpha value is -1.39. The lowest BCUT2D eigenvalue weighted by atomic mass is 10.0.